The van der Waals surface area contributed by atoms with Crippen molar-refractivity contribution in [3.05, 3.63) is 59.0 Å². The molecule has 0 aliphatic carbocycles. The number of hydrogen-bond acceptors (Lipinski definition) is 5. The number of carbonyl (C=O) groups is 1. The minimum absolute atomic E-state index is 0.119. The van der Waals surface area contributed by atoms with Crippen LogP contribution in [0, 0.1) is 0 Å². The fourth-order valence-corrected chi connectivity index (χ4v) is 3.91. The predicted octanol–water partition coefficient (Wildman–Crippen LogP) is 4.52. The van der Waals surface area contributed by atoms with Crippen LogP contribution in [0.1, 0.15) is 5.56 Å². The monoisotopic (exact) mass is 359 g/mol. The van der Waals surface area contributed by atoms with Gasteiger partial charge < -0.3 is 5.11 Å². The Morgan fingerprint density at radius 2 is 1.96 bits per heavy atom. The highest BCUT2D eigenvalue weighted by molar-refractivity contribution is 8.27. The van der Waals surface area contributed by atoms with Crippen molar-refractivity contribution in [1.29, 1.82) is 0 Å². The zero-order valence-electron chi connectivity index (χ0n) is 12.2. The molecule has 0 aromatic heterocycles. The van der Waals surface area contributed by atoms with Crippen LogP contribution in [0.3, 0.4) is 0 Å². The molecule has 0 unspecified atom stereocenters. The number of thiocarbonyl (C=S) groups is 1. The molecule has 1 N–H and O–H groups in total. The van der Waals surface area contributed by atoms with Gasteiger partial charge in [-0.25, -0.2) is 0 Å². The Balaban J connectivity index is 1.91. The summed E-state index contributed by atoms with van der Waals surface area (Å²) >= 11 is 8.28. The Morgan fingerprint density at radius 3 is 2.65 bits per heavy atom. The first kappa shape index (κ1) is 16.1. The number of phenolic OH excluding ortho intramolecular Hbond substituents is 1. The molecular weight excluding hydrogens is 346 g/mol. The summed E-state index contributed by atoms with van der Waals surface area (Å²) < 4.78 is 0.526. The number of phenols is 1. The molecule has 1 heterocycles. The molecule has 0 saturated carbocycles. The van der Waals surface area contributed by atoms with Crippen LogP contribution in [0.5, 0.6) is 5.75 Å². The summed E-state index contributed by atoms with van der Waals surface area (Å²) in [6.45, 7) is 0. The van der Waals surface area contributed by atoms with Gasteiger partial charge in [0.15, 0.2) is 4.32 Å². The van der Waals surface area contributed by atoms with E-state index in [1.54, 1.807) is 47.0 Å². The molecule has 1 aliphatic rings. The number of hydrogen-bond donors (Lipinski definition) is 1. The van der Waals surface area contributed by atoms with Crippen LogP contribution in [0.15, 0.2) is 58.3 Å². The third-order valence-corrected chi connectivity index (χ3v) is 5.32. The molecule has 2 aromatic rings. The molecule has 2 aromatic carbocycles. The Morgan fingerprint density at radius 1 is 1.22 bits per heavy atom. The third-order valence-electron chi connectivity index (χ3n) is 3.30. The average Bonchev–Trinajstić information content (AvgIpc) is 2.83. The second kappa shape index (κ2) is 6.78. The quantitative estimate of drug-likeness (QED) is 0.496. The number of amides is 1. The molecule has 3 nitrogen and oxygen atoms in total. The number of thioether (sulfide) groups is 2. The SMILES string of the molecule is CSc1cccc(N2C(=O)C(=Cc3ccc(O)cc3)SC2=S)c1. The second-order valence-corrected chi connectivity index (χ2v) is 7.37. The van der Waals surface area contributed by atoms with Gasteiger partial charge in [0.1, 0.15) is 5.75 Å². The largest absolute Gasteiger partial charge is 0.508 e. The first-order chi connectivity index (χ1) is 11.1. The van der Waals surface area contributed by atoms with Gasteiger partial charge in [-0.05, 0) is 48.2 Å². The Labute approximate surface area is 148 Å². The summed E-state index contributed by atoms with van der Waals surface area (Å²) in [7, 11) is 0. The predicted molar refractivity (Wildman–Crippen MR) is 102 cm³/mol. The van der Waals surface area contributed by atoms with Crippen molar-refractivity contribution in [2.75, 3.05) is 11.2 Å². The van der Waals surface area contributed by atoms with Gasteiger partial charge in [-0.3, -0.25) is 9.69 Å². The van der Waals surface area contributed by atoms with Crippen LogP contribution in [0.2, 0.25) is 0 Å². The van der Waals surface area contributed by atoms with Crippen molar-refractivity contribution in [2.45, 2.75) is 4.90 Å². The Bertz CT molecular complexity index is 800. The standard InChI is InChI=1S/C17H13NO2S3/c1-22-14-4-2-3-12(10-14)18-16(20)15(23-17(18)21)9-11-5-7-13(19)8-6-11/h2-10,19H,1H3. The summed E-state index contributed by atoms with van der Waals surface area (Å²) in [5.74, 6) is 0.0786. The van der Waals surface area contributed by atoms with Gasteiger partial charge in [0, 0.05) is 4.90 Å². The number of rotatable bonds is 3. The van der Waals surface area contributed by atoms with Gasteiger partial charge in [-0.1, -0.05) is 42.2 Å². The highest BCUT2D eigenvalue weighted by Crippen LogP contribution is 2.37. The summed E-state index contributed by atoms with van der Waals surface area (Å²) in [5.41, 5.74) is 1.63. The van der Waals surface area contributed by atoms with Gasteiger partial charge in [0.05, 0.1) is 10.6 Å². The van der Waals surface area contributed by atoms with Gasteiger partial charge >= 0.3 is 0 Å². The van der Waals surface area contributed by atoms with E-state index in [4.69, 9.17) is 12.2 Å². The number of anilines is 1. The van der Waals surface area contributed by atoms with Gasteiger partial charge in [0.25, 0.3) is 5.91 Å². The maximum absolute atomic E-state index is 12.7. The van der Waals surface area contributed by atoms with E-state index in [1.165, 1.54) is 11.8 Å². The van der Waals surface area contributed by atoms with E-state index in [9.17, 15) is 9.90 Å². The van der Waals surface area contributed by atoms with Crippen molar-refractivity contribution < 1.29 is 9.90 Å². The molecule has 0 spiro atoms. The first-order valence-electron chi connectivity index (χ1n) is 6.79. The minimum atomic E-state index is -0.119. The van der Waals surface area contributed by atoms with Gasteiger partial charge in [0.2, 0.25) is 0 Å². The highest BCUT2D eigenvalue weighted by Gasteiger charge is 2.33. The van der Waals surface area contributed by atoms with E-state index in [1.807, 2.05) is 30.5 Å². The molecule has 116 valence electrons. The summed E-state index contributed by atoms with van der Waals surface area (Å²) in [4.78, 5) is 15.9. The molecule has 1 fully saturated rings. The second-order valence-electron chi connectivity index (χ2n) is 4.81. The molecule has 6 heteroatoms. The number of aromatic hydroxyl groups is 1. The van der Waals surface area contributed by atoms with Crippen molar-refractivity contribution >= 4 is 57.7 Å². The van der Waals surface area contributed by atoms with Gasteiger partial charge in [-0.15, -0.1) is 11.8 Å². The van der Waals surface area contributed by atoms with E-state index in [0.29, 0.717) is 9.23 Å². The molecule has 1 amide bonds. The molecule has 0 atom stereocenters. The van der Waals surface area contributed by atoms with E-state index in [-0.39, 0.29) is 11.7 Å². The molecule has 3 rings (SSSR count). The number of carbonyl (C=O) groups excluding carboxylic acids is 1. The van der Waals surface area contributed by atoms with Crippen molar-refractivity contribution in [3.8, 4) is 5.75 Å². The highest BCUT2D eigenvalue weighted by atomic mass is 32.2. The summed E-state index contributed by atoms with van der Waals surface area (Å²) in [6, 6.07) is 14.5. The summed E-state index contributed by atoms with van der Waals surface area (Å²) in [5, 5.41) is 9.33. The molecular formula is C17H13NO2S3. The van der Waals surface area contributed by atoms with Crippen molar-refractivity contribution in [3.63, 3.8) is 0 Å². The van der Waals surface area contributed by atoms with Crippen LogP contribution in [0.25, 0.3) is 6.08 Å². The fourth-order valence-electron chi connectivity index (χ4n) is 2.16. The Hall–Kier alpha value is -1.76. The molecule has 1 aliphatic heterocycles. The molecule has 1 saturated heterocycles. The van der Waals surface area contributed by atoms with Crippen LogP contribution in [-0.2, 0) is 4.79 Å². The molecule has 0 bridgehead atoms. The average molecular weight is 359 g/mol. The maximum Gasteiger partial charge on any atom is 0.270 e. The third kappa shape index (κ3) is 3.44. The lowest BCUT2D eigenvalue weighted by Gasteiger charge is -2.15. The Kier molecular flexibility index (Phi) is 4.75. The fraction of sp³-hybridized carbons (Fsp3) is 0.0588. The van der Waals surface area contributed by atoms with Crippen LogP contribution < -0.4 is 4.90 Å². The summed E-state index contributed by atoms with van der Waals surface area (Å²) in [6.07, 6.45) is 3.78. The smallest absolute Gasteiger partial charge is 0.270 e. The lowest BCUT2D eigenvalue weighted by atomic mass is 10.2. The number of benzene rings is 2. The lowest BCUT2D eigenvalue weighted by molar-refractivity contribution is -0.113. The van der Waals surface area contributed by atoms with E-state index in [0.717, 1.165) is 16.1 Å². The zero-order chi connectivity index (χ0) is 16.4. The van der Waals surface area contributed by atoms with Crippen LogP contribution in [-0.4, -0.2) is 21.6 Å². The zero-order valence-corrected chi connectivity index (χ0v) is 14.7. The van der Waals surface area contributed by atoms with E-state index >= 15 is 0 Å². The van der Waals surface area contributed by atoms with Crippen LogP contribution >= 0.6 is 35.7 Å². The molecule has 0 radical (unpaired) electrons. The first-order valence-corrected chi connectivity index (χ1v) is 9.24. The lowest BCUT2D eigenvalue weighted by Crippen LogP contribution is -2.27. The minimum Gasteiger partial charge on any atom is -0.508 e. The topological polar surface area (TPSA) is 40.5 Å². The molecule has 23 heavy (non-hydrogen) atoms. The van der Waals surface area contributed by atoms with Crippen molar-refractivity contribution in [1.82, 2.24) is 0 Å². The van der Waals surface area contributed by atoms with E-state index in [2.05, 4.69) is 0 Å². The maximum atomic E-state index is 12.7. The number of nitrogens with zero attached hydrogens (tertiary/aromatic N) is 1. The van der Waals surface area contributed by atoms with Gasteiger partial charge in [-0.2, -0.15) is 0 Å². The van der Waals surface area contributed by atoms with E-state index < -0.39 is 0 Å². The van der Waals surface area contributed by atoms with Crippen LogP contribution in [0.4, 0.5) is 5.69 Å². The van der Waals surface area contributed by atoms with Crippen molar-refractivity contribution in [2.24, 2.45) is 0 Å². The normalized spacial score (nSPS) is 16.4.